The summed E-state index contributed by atoms with van der Waals surface area (Å²) in [4.78, 5) is 25.1. The molecule has 2 aliphatic heterocycles. The summed E-state index contributed by atoms with van der Waals surface area (Å²) in [6.45, 7) is 4.72. The molecule has 1 unspecified atom stereocenters. The van der Waals surface area contributed by atoms with Gasteiger partial charge in [-0.25, -0.2) is 4.79 Å². The summed E-state index contributed by atoms with van der Waals surface area (Å²) in [6, 6.07) is 7.47. The van der Waals surface area contributed by atoms with Crippen LogP contribution in [0.3, 0.4) is 0 Å². The number of carbonyl (C=O) groups excluding carboxylic acids is 1. The molecule has 0 aliphatic carbocycles. The van der Waals surface area contributed by atoms with Crippen LogP contribution in [0.25, 0.3) is 0 Å². The maximum atomic E-state index is 12.6. The predicted molar refractivity (Wildman–Crippen MR) is 105 cm³/mol. The van der Waals surface area contributed by atoms with Gasteiger partial charge in [0.2, 0.25) is 0 Å². The minimum Gasteiger partial charge on any atom is -0.427 e. The molecule has 0 radical (unpaired) electrons. The highest BCUT2D eigenvalue weighted by Gasteiger charge is 2.23. The van der Waals surface area contributed by atoms with Gasteiger partial charge in [-0.15, -0.1) is 12.4 Å². The van der Waals surface area contributed by atoms with Crippen molar-refractivity contribution in [3.63, 3.8) is 0 Å². The van der Waals surface area contributed by atoms with Gasteiger partial charge in [-0.1, -0.05) is 6.07 Å². The number of piperidine rings is 1. The van der Waals surface area contributed by atoms with Gasteiger partial charge in [0.25, 0.3) is 5.91 Å². The van der Waals surface area contributed by atoms with E-state index in [1.807, 2.05) is 24.3 Å². The molecule has 1 aromatic carbocycles. The number of rotatable bonds is 3. The van der Waals surface area contributed by atoms with E-state index in [0.29, 0.717) is 30.2 Å². The lowest BCUT2D eigenvalue weighted by Crippen LogP contribution is -2.30. The third-order valence-electron chi connectivity index (χ3n) is 5.07. The maximum absolute atomic E-state index is 12.6. The zero-order valence-corrected chi connectivity index (χ0v) is 16.0. The van der Waals surface area contributed by atoms with Crippen molar-refractivity contribution < 1.29 is 13.9 Å². The largest absolute Gasteiger partial charge is 0.427 e. The first-order valence-electron chi connectivity index (χ1n) is 8.98. The number of carbonyl (C=O) groups is 1. The van der Waals surface area contributed by atoms with Gasteiger partial charge in [-0.2, -0.15) is 0 Å². The lowest BCUT2D eigenvalue weighted by molar-refractivity contribution is 0.102. The molecule has 2 aromatic rings. The van der Waals surface area contributed by atoms with Crippen LogP contribution in [0.15, 0.2) is 33.5 Å². The second-order valence-corrected chi connectivity index (χ2v) is 6.97. The van der Waals surface area contributed by atoms with Gasteiger partial charge in [-0.3, -0.25) is 4.79 Å². The minimum absolute atomic E-state index is 0. The number of ether oxygens (including phenoxy) is 1. The number of anilines is 1. The van der Waals surface area contributed by atoms with Crippen molar-refractivity contribution in [1.82, 2.24) is 5.32 Å². The van der Waals surface area contributed by atoms with E-state index in [1.165, 1.54) is 0 Å². The van der Waals surface area contributed by atoms with E-state index in [9.17, 15) is 9.59 Å². The number of amides is 1. The van der Waals surface area contributed by atoms with E-state index >= 15 is 0 Å². The van der Waals surface area contributed by atoms with E-state index in [1.54, 1.807) is 6.92 Å². The van der Waals surface area contributed by atoms with Gasteiger partial charge in [0.05, 0.1) is 13.2 Å². The van der Waals surface area contributed by atoms with Crippen molar-refractivity contribution in [2.45, 2.75) is 38.9 Å². The average Bonchev–Trinajstić information content (AvgIpc) is 3.09. The summed E-state index contributed by atoms with van der Waals surface area (Å²) in [5.41, 5.74) is 2.97. The van der Waals surface area contributed by atoms with Crippen LogP contribution in [0.1, 0.15) is 51.6 Å². The molecule has 4 rings (SSSR count). The first kappa shape index (κ1) is 19.6. The molecule has 144 valence electrons. The fraction of sp³-hybridized carbons (Fsp3) is 0.400. The van der Waals surface area contributed by atoms with Crippen LogP contribution >= 0.6 is 12.4 Å². The molecule has 27 heavy (non-hydrogen) atoms. The zero-order chi connectivity index (χ0) is 18.1. The monoisotopic (exact) mass is 390 g/mol. The molecule has 0 saturated carbocycles. The van der Waals surface area contributed by atoms with Crippen LogP contribution in [0, 0.1) is 6.92 Å². The molecule has 6 nitrogen and oxygen atoms in total. The van der Waals surface area contributed by atoms with Crippen LogP contribution in [0.4, 0.5) is 5.69 Å². The second kappa shape index (κ2) is 8.25. The Morgan fingerprint density at radius 1 is 1.22 bits per heavy atom. The SMILES string of the molecule is Cc1cc(C2CCCNC2)oc(=O)c1C(=O)Nc1ccc2c(c1)COC2.Cl. The van der Waals surface area contributed by atoms with Crippen molar-refractivity contribution >= 4 is 24.0 Å². The van der Waals surface area contributed by atoms with Gasteiger partial charge >= 0.3 is 5.63 Å². The molecule has 7 heteroatoms. The molecular weight excluding hydrogens is 368 g/mol. The van der Waals surface area contributed by atoms with Crippen molar-refractivity contribution in [3.05, 3.63) is 62.7 Å². The Bertz CT molecular complexity index is 903. The van der Waals surface area contributed by atoms with Crippen LogP contribution in [0.2, 0.25) is 0 Å². The van der Waals surface area contributed by atoms with Gasteiger partial charge in [0.15, 0.2) is 0 Å². The third kappa shape index (κ3) is 4.08. The highest BCUT2D eigenvalue weighted by Crippen LogP contribution is 2.25. The molecule has 3 heterocycles. The first-order chi connectivity index (χ1) is 12.6. The Morgan fingerprint density at radius 2 is 2.04 bits per heavy atom. The number of fused-ring (bicyclic) bond motifs is 1. The van der Waals surface area contributed by atoms with Gasteiger partial charge in [0, 0.05) is 18.2 Å². The molecule has 0 spiro atoms. The lowest BCUT2D eigenvalue weighted by atomic mass is 9.95. The quantitative estimate of drug-likeness (QED) is 0.841. The number of benzene rings is 1. The van der Waals surface area contributed by atoms with E-state index < -0.39 is 11.5 Å². The molecule has 2 N–H and O–H groups in total. The number of hydrogen-bond acceptors (Lipinski definition) is 5. The molecule has 1 atom stereocenters. The van der Waals surface area contributed by atoms with Crippen molar-refractivity contribution in [2.75, 3.05) is 18.4 Å². The normalized spacial score (nSPS) is 18.5. The van der Waals surface area contributed by atoms with Crippen molar-refractivity contribution in [1.29, 1.82) is 0 Å². The number of nitrogens with one attached hydrogen (secondary N) is 2. The Balaban J connectivity index is 0.00000210. The first-order valence-corrected chi connectivity index (χ1v) is 8.98. The molecule has 2 aliphatic rings. The van der Waals surface area contributed by atoms with Crippen LogP contribution in [-0.4, -0.2) is 19.0 Å². The van der Waals surface area contributed by atoms with E-state index in [0.717, 1.165) is 37.1 Å². The van der Waals surface area contributed by atoms with Crippen molar-refractivity contribution in [2.24, 2.45) is 0 Å². The third-order valence-corrected chi connectivity index (χ3v) is 5.07. The highest BCUT2D eigenvalue weighted by molar-refractivity contribution is 6.04. The number of halogens is 1. The second-order valence-electron chi connectivity index (χ2n) is 6.97. The summed E-state index contributed by atoms with van der Waals surface area (Å²) in [5, 5.41) is 6.11. The molecule has 0 bridgehead atoms. The van der Waals surface area contributed by atoms with E-state index in [-0.39, 0.29) is 23.9 Å². The van der Waals surface area contributed by atoms with Crippen LogP contribution in [0.5, 0.6) is 0 Å². The topological polar surface area (TPSA) is 80.6 Å². The molecule has 1 fully saturated rings. The van der Waals surface area contributed by atoms with Crippen molar-refractivity contribution in [3.8, 4) is 0 Å². The number of aryl methyl sites for hydroxylation is 1. The van der Waals surface area contributed by atoms with E-state index in [2.05, 4.69) is 10.6 Å². The summed E-state index contributed by atoms with van der Waals surface area (Å²) in [5.74, 6) is 0.401. The summed E-state index contributed by atoms with van der Waals surface area (Å²) in [6.07, 6.45) is 2.04. The Morgan fingerprint density at radius 3 is 2.78 bits per heavy atom. The fourth-order valence-electron chi connectivity index (χ4n) is 3.65. The lowest BCUT2D eigenvalue weighted by Gasteiger charge is -2.22. The fourth-order valence-corrected chi connectivity index (χ4v) is 3.65. The minimum atomic E-state index is -0.576. The molecule has 1 saturated heterocycles. The Labute approximate surface area is 163 Å². The maximum Gasteiger partial charge on any atom is 0.349 e. The smallest absolute Gasteiger partial charge is 0.349 e. The molecular formula is C20H23ClN2O4. The summed E-state index contributed by atoms with van der Waals surface area (Å²) in [7, 11) is 0. The molecule has 1 amide bonds. The Kier molecular flexibility index (Phi) is 5.99. The van der Waals surface area contributed by atoms with Gasteiger partial charge in [0.1, 0.15) is 11.3 Å². The van der Waals surface area contributed by atoms with Gasteiger partial charge < -0.3 is 19.8 Å². The van der Waals surface area contributed by atoms with Crippen LogP contribution < -0.4 is 16.3 Å². The Hall–Kier alpha value is -2.15. The number of hydrogen-bond donors (Lipinski definition) is 2. The molecule has 1 aromatic heterocycles. The summed E-state index contributed by atoms with van der Waals surface area (Å²) < 4.78 is 10.9. The summed E-state index contributed by atoms with van der Waals surface area (Å²) >= 11 is 0. The predicted octanol–water partition coefficient (Wildman–Crippen LogP) is 3.12. The average molecular weight is 391 g/mol. The van der Waals surface area contributed by atoms with Gasteiger partial charge in [-0.05, 0) is 61.2 Å². The van der Waals surface area contributed by atoms with E-state index in [4.69, 9.17) is 9.15 Å². The standard InChI is InChI=1S/C20H22N2O4.ClH/c1-12-7-17(13-3-2-6-21-9-13)26-20(24)18(12)19(23)22-16-5-4-14-10-25-11-15(14)8-16;/h4-5,7-8,13,21H,2-3,6,9-11H2,1H3,(H,22,23);1H. The van der Waals surface area contributed by atoms with Crippen LogP contribution in [-0.2, 0) is 18.0 Å². The zero-order valence-electron chi connectivity index (χ0n) is 15.2. The highest BCUT2D eigenvalue weighted by atomic mass is 35.5.